The maximum atomic E-state index is 13.8. The zero-order valence-corrected chi connectivity index (χ0v) is 17.2. The van der Waals surface area contributed by atoms with Crippen LogP contribution in [0, 0.1) is 5.82 Å². The van der Waals surface area contributed by atoms with Crippen molar-refractivity contribution in [2.24, 2.45) is 0 Å². The number of halogens is 1. The van der Waals surface area contributed by atoms with Crippen molar-refractivity contribution in [1.82, 2.24) is 4.31 Å². The van der Waals surface area contributed by atoms with E-state index in [-0.39, 0.29) is 16.6 Å². The van der Waals surface area contributed by atoms with Crippen molar-refractivity contribution in [2.75, 3.05) is 18.4 Å². The zero-order chi connectivity index (χ0) is 20.1. The summed E-state index contributed by atoms with van der Waals surface area (Å²) in [7, 11) is -3.57. The summed E-state index contributed by atoms with van der Waals surface area (Å²) in [6.45, 7) is 2.73. The number of carbonyl (C=O) groups is 1. The highest BCUT2D eigenvalue weighted by molar-refractivity contribution is 8.00. The van der Waals surface area contributed by atoms with Gasteiger partial charge < -0.3 is 5.32 Å². The predicted molar refractivity (Wildman–Crippen MR) is 109 cm³/mol. The lowest BCUT2D eigenvalue weighted by atomic mass is 10.2. The minimum atomic E-state index is -3.57. The molecule has 0 aromatic heterocycles. The molecule has 1 heterocycles. The quantitative estimate of drug-likeness (QED) is 0.711. The molecule has 1 amide bonds. The highest BCUT2D eigenvalue weighted by Gasteiger charge is 2.26. The summed E-state index contributed by atoms with van der Waals surface area (Å²) in [5.74, 6) is -0.692. The lowest BCUT2D eigenvalue weighted by Crippen LogP contribution is -2.35. The first kappa shape index (κ1) is 20.8. The van der Waals surface area contributed by atoms with Crippen LogP contribution in [0.25, 0.3) is 0 Å². The largest absolute Gasteiger partial charge is 0.325 e. The monoisotopic (exact) mass is 422 g/mol. The molecule has 5 nitrogen and oxygen atoms in total. The van der Waals surface area contributed by atoms with Gasteiger partial charge in [-0.05, 0) is 50.1 Å². The fraction of sp³-hybridized carbons (Fsp3) is 0.350. The predicted octanol–water partition coefficient (Wildman–Crippen LogP) is 4.12. The van der Waals surface area contributed by atoms with E-state index >= 15 is 0 Å². The number of nitrogens with one attached hydrogen (secondary N) is 1. The number of nitrogens with zero attached hydrogens (tertiary/aromatic N) is 1. The van der Waals surface area contributed by atoms with Gasteiger partial charge in [-0.25, -0.2) is 12.8 Å². The molecule has 0 spiro atoms. The zero-order valence-electron chi connectivity index (χ0n) is 15.6. The number of benzene rings is 2. The number of thioether (sulfide) groups is 1. The average molecular weight is 423 g/mol. The van der Waals surface area contributed by atoms with Gasteiger partial charge in [0, 0.05) is 23.7 Å². The van der Waals surface area contributed by atoms with Crippen molar-refractivity contribution in [1.29, 1.82) is 0 Å². The summed E-state index contributed by atoms with van der Waals surface area (Å²) < 4.78 is 40.9. The molecular weight excluding hydrogens is 399 g/mol. The molecule has 150 valence electrons. The minimum absolute atomic E-state index is 0.168. The number of rotatable bonds is 6. The van der Waals surface area contributed by atoms with E-state index in [0.717, 1.165) is 31.0 Å². The molecule has 8 heteroatoms. The second-order valence-electron chi connectivity index (χ2n) is 6.67. The molecule has 1 saturated heterocycles. The third kappa shape index (κ3) is 4.92. The second-order valence-corrected chi connectivity index (χ2v) is 9.99. The molecule has 1 N–H and O–H groups in total. The van der Waals surface area contributed by atoms with Gasteiger partial charge in [0.05, 0.1) is 10.1 Å². The van der Waals surface area contributed by atoms with E-state index in [4.69, 9.17) is 0 Å². The first-order chi connectivity index (χ1) is 13.4. The number of anilines is 1. The molecule has 1 aliphatic rings. The molecule has 1 unspecified atom stereocenters. The molecule has 0 aliphatic carbocycles. The SMILES string of the molecule is CC(Sc1ccccc1F)C(=O)Nc1cccc(S(=O)(=O)N2CCCCC2)c1. The van der Waals surface area contributed by atoms with Crippen LogP contribution in [0.1, 0.15) is 26.2 Å². The first-order valence-corrected chi connectivity index (χ1v) is 11.5. The van der Waals surface area contributed by atoms with Gasteiger partial charge in [0.2, 0.25) is 15.9 Å². The van der Waals surface area contributed by atoms with Crippen molar-refractivity contribution in [3.05, 3.63) is 54.3 Å². The number of hydrogen-bond acceptors (Lipinski definition) is 4. The number of amides is 1. The molecule has 0 radical (unpaired) electrons. The van der Waals surface area contributed by atoms with E-state index in [1.807, 2.05) is 0 Å². The van der Waals surface area contributed by atoms with Gasteiger partial charge in [0.25, 0.3) is 0 Å². The molecule has 1 aliphatic heterocycles. The van der Waals surface area contributed by atoms with Crippen LogP contribution < -0.4 is 5.32 Å². The van der Waals surface area contributed by atoms with E-state index in [2.05, 4.69) is 5.32 Å². The summed E-state index contributed by atoms with van der Waals surface area (Å²) in [5, 5.41) is 2.19. The maximum Gasteiger partial charge on any atom is 0.243 e. The van der Waals surface area contributed by atoms with Crippen LogP contribution in [0.2, 0.25) is 0 Å². The van der Waals surface area contributed by atoms with E-state index in [0.29, 0.717) is 23.7 Å². The highest BCUT2D eigenvalue weighted by Crippen LogP contribution is 2.27. The lowest BCUT2D eigenvalue weighted by molar-refractivity contribution is -0.115. The number of sulfonamides is 1. The average Bonchev–Trinajstić information content (AvgIpc) is 2.70. The number of carbonyl (C=O) groups excluding carboxylic acids is 1. The topological polar surface area (TPSA) is 66.5 Å². The van der Waals surface area contributed by atoms with Crippen LogP contribution in [0.3, 0.4) is 0 Å². The summed E-state index contributed by atoms with van der Waals surface area (Å²) in [6.07, 6.45) is 2.76. The molecule has 0 saturated carbocycles. The van der Waals surface area contributed by atoms with Crippen LogP contribution in [0.4, 0.5) is 10.1 Å². The number of piperidine rings is 1. The van der Waals surface area contributed by atoms with Crippen LogP contribution >= 0.6 is 11.8 Å². The minimum Gasteiger partial charge on any atom is -0.325 e. The van der Waals surface area contributed by atoms with Gasteiger partial charge in [-0.15, -0.1) is 11.8 Å². The number of hydrogen-bond donors (Lipinski definition) is 1. The molecule has 3 rings (SSSR count). The Morgan fingerprint density at radius 2 is 1.82 bits per heavy atom. The van der Waals surface area contributed by atoms with Gasteiger partial charge >= 0.3 is 0 Å². The van der Waals surface area contributed by atoms with Crippen LogP contribution in [0.5, 0.6) is 0 Å². The standard InChI is InChI=1S/C20H23FN2O3S2/c1-15(27-19-11-4-3-10-18(19)21)20(24)22-16-8-7-9-17(14-16)28(25,26)23-12-5-2-6-13-23/h3-4,7-11,14-15H,2,5-6,12-13H2,1H3,(H,22,24). The van der Waals surface area contributed by atoms with Gasteiger partial charge in [-0.3, -0.25) is 4.79 Å². The molecule has 0 bridgehead atoms. The van der Waals surface area contributed by atoms with Gasteiger partial charge in [0.1, 0.15) is 5.82 Å². The van der Waals surface area contributed by atoms with Crippen LogP contribution in [0.15, 0.2) is 58.3 Å². The fourth-order valence-electron chi connectivity index (χ4n) is 3.02. The maximum absolute atomic E-state index is 13.8. The summed E-state index contributed by atoms with van der Waals surface area (Å²) >= 11 is 1.12. The molecule has 28 heavy (non-hydrogen) atoms. The fourth-order valence-corrected chi connectivity index (χ4v) is 5.46. The summed E-state index contributed by atoms with van der Waals surface area (Å²) in [5.41, 5.74) is 0.407. The van der Waals surface area contributed by atoms with Crippen molar-refractivity contribution < 1.29 is 17.6 Å². The Labute approximate surface area is 169 Å². The Bertz CT molecular complexity index is 944. The normalized spacial score (nSPS) is 16.5. The Morgan fingerprint density at radius 1 is 1.11 bits per heavy atom. The highest BCUT2D eigenvalue weighted by atomic mass is 32.2. The summed E-state index contributed by atoms with van der Waals surface area (Å²) in [4.78, 5) is 13.0. The van der Waals surface area contributed by atoms with E-state index in [1.54, 1.807) is 37.3 Å². The Kier molecular flexibility index (Phi) is 6.74. The second kappa shape index (κ2) is 9.07. The van der Waals surface area contributed by atoms with Crippen molar-refractivity contribution >= 4 is 33.4 Å². The van der Waals surface area contributed by atoms with Gasteiger partial charge in [0.15, 0.2) is 0 Å². The van der Waals surface area contributed by atoms with Crippen molar-refractivity contribution in [3.8, 4) is 0 Å². The third-order valence-corrected chi connectivity index (χ3v) is 7.61. The first-order valence-electron chi connectivity index (χ1n) is 9.20. The van der Waals surface area contributed by atoms with E-state index < -0.39 is 15.3 Å². The lowest BCUT2D eigenvalue weighted by Gasteiger charge is -2.26. The van der Waals surface area contributed by atoms with Gasteiger partial charge in [-0.1, -0.05) is 24.6 Å². The smallest absolute Gasteiger partial charge is 0.243 e. The van der Waals surface area contributed by atoms with Gasteiger partial charge in [-0.2, -0.15) is 4.31 Å². The van der Waals surface area contributed by atoms with Crippen LogP contribution in [-0.4, -0.2) is 37.0 Å². The van der Waals surface area contributed by atoms with Crippen LogP contribution in [-0.2, 0) is 14.8 Å². The Morgan fingerprint density at radius 3 is 2.54 bits per heavy atom. The van der Waals surface area contributed by atoms with Crippen molar-refractivity contribution in [2.45, 2.75) is 41.2 Å². The van der Waals surface area contributed by atoms with E-state index in [9.17, 15) is 17.6 Å². The molecule has 1 atom stereocenters. The summed E-state index contributed by atoms with van der Waals surface area (Å²) in [6, 6.07) is 12.6. The molecule has 2 aromatic carbocycles. The third-order valence-electron chi connectivity index (χ3n) is 4.56. The molecule has 2 aromatic rings. The molecular formula is C20H23FN2O3S2. The Hall–Kier alpha value is -1.90. The Balaban J connectivity index is 1.70. The van der Waals surface area contributed by atoms with E-state index in [1.165, 1.54) is 22.5 Å². The van der Waals surface area contributed by atoms with Crippen molar-refractivity contribution in [3.63, 3.8) is 0 Å². The molecule has 1 fully saturated rings.